The molecule has 3 aromatic carbocycles. The second kappa shape index (κ2) is 11.1. The number of sulfonamides is 1. The van der Waals surface area contributed by atoms with Gasteiger partial charge in [-0.25, -0.2) is 13.8 Å². The zero-order valence-electron chi connectivity index (χ0n) is 21.9. The molecule has 7 heteroatoms. The lowest BCUT2D eigenvalue weighted by Crippen LogP contribution is -2.29. The number of carbonyl (C=O) groups is 1. The van der Waals surface area contributed by atoms with Crippen molar-refractivity contribution in [1.82, 2.24) is 5.43 Å². The van der Waals surface area contributed by atoms with Crippen molar-refractivity contribution in [2.75, 3.05) is 10.6 Å². The van der Waals surface area contributed by atoms with Crippen LogP contribution in [0.5, 0.6) is 0 Å². The highest BCUT2D eigenvalue weighted by Crippen LogP contribution is 2.27. The topological polar surface area (TPSA) is 78.8 Å². The van der Waals surface area contributed by atoms with Crippen molar-refractivity contribution in [1.29, 1.82) is 0 Å². The Kier molecular flexibility index (Phi) is 8.35. The van der Waals surface area contributed by atoms with Crippen molar-refractivity contribution in [3.05, 3.63) is 101 Å². The molecule has 0 saturated heterocycles. The second-order valence-electron chi connectivity index (χ2n) is 9.95. The van der Waals surface area contributed by atoms with Crippen molar-refractivity contribution in [2.45, 2.75) is 53.0 Å². The van der Waals surface area contributed by atoms with Crippen LogP contribution in [-0.2, 0) is 22.0 Å². The van der Waals surface area contributed by atoms with Crippen LogP contribution in [-0.4, -0.2) is 26.3 Å². The van der Waals surface area contributed by atoms with Gasteiger partial charge in [0.2, 0.25) is 10.0 Å². The van der Waals surface area contributed by atoms with Gasteiger partial charge in [-0.3, -0.25) is 9.10 Å². The van der Waals surface area contributed by atoms with Gasteiger partial charge in [-0.15, -0.1) is 0 Å². The lowest BCUT2D eigenvalue weighted by atomic mass is 9.80. The molecular formula is C29H35N3O3S. The molecule has 3 aromatic rings. The fraction of sp³-hybridized carbons (Fsp3) is 0.310. The predicted molar refractivity (Wildman–Crippen MR) is 148 cm³/mol. The SMILES string of the molecule is C/C(CC(C)(C)c1ccccc1)=N/NC(=O)c1ccc(CN(c2ccc(C)c(C)c2)S(C)(=O)=O)cc1. The van der Waals surface area contributed by atoms with Gasteiger partial charge in [0, 0.05) is 11.3 Å². The van der Waals surface area contributed by atoms with Crippen LogP contribution in [0.2, 0.25) is 0 Å². The van der Waals surface area contributed by atoms with Crippen molar-refractivity contribution in [3.63, 3.8) is 0 Å². The second-order valence-corrected chi connectivity index (χ2v) is 11.9. The third-order valence-electron chi connectivity index (χ3n) is 6.32. The number of carbonyl (C=O) groups excluding carboxylic acids is 1. The zero-order valence-corrected chi connectivity index (χ0v) is 22.7. The summed E-state index contributed by atoms with van der Waals surface area (Å²) >= 11 is 0. The molecule has 0 aliphatic carbocycles. The third-order valence-corrected chi connectivity index (χ3v) is 7.46. The number of rotatable bonds is 9. The Balaban J connectivity index is 1.67. The molecule has 0 fully saturated rings. The van der Waals surface area contributed by atoms with Gasteiger partial charge >= 0.3 is 0 Å². The van der Waals surface area contributed by atoms with E-state index < -0.39 is 10.0 Å². The highest BCUT2D eigenvalue weighted by molar-refractivity contribution is 7.92. The highest BCUT2D eigenvalue weighted by Gasteiger charge is 2.22. The minimum Gasteiger partial charge on any atom is -0.267 e. The van der Waals surface area contributed by atoms with Crippen LogP contribution in [0.25, 0.3) is 0 Å². The summed E-state index contributed by atoms with van der Waals surface area (Å²) < 4.78 is 26.4. The summed E-state index contributed by atoms with van der Waals surface area (Å²) in [7, 11) is -3.49. The first-order valence-electron chi connectivity index (χ1n) is 11.9. The maximum atomic E-state index is 12.6. The van der Waals surface area contributed by atoms with E-state index in [4.69, 9.17) is 0 Å². The van der Waals surface area contributed by atoms with Crippen molar-refractivity contribution in [3.8, 4) is 0 Å². The number of benzene rings is 3. The Labute approximate surface area is 215 Å². The molecule has 6 nitrogen and oxygen atoms in total. The number of hydrogen-bond acceptors (Lipinski definition) is 4. The van der Waals surface area contributed by atoms with Crippen molar-refractivity contribution in [2.24, 2.45) is 5.10 Å². The maximum absolute atomic E-state index is 12.6. The lowest BCUT2D eigenvalue weighted by molar-refractivity contribution is 0.0954. The molecule has 0 radical (unpaired) electrons. The fourth-order valence-corrected chi connectivity index (χ4v) is 4.97. The summed E-state index contributed by atoms with van der Waals surface area (Å²) in [6, 6.07) is 22.7. The minimum atomic E-state index is -3.49. The van der Waals surface area contributed by atoms with E-state index >= 15 is 0 Å². The van der Waals surface area contributed by atoms with Gasteiger partial charge in [0.05, 0.1) is 18.5 Å². The molecule has 1 amide bonds. The molecule has 0 unspecified atom stereocenters. The summed E-state index contributed by atoms with van der Waals surface area (Å²) in [5.74, 6) is -0.312. The van der Waals surface area contributed by atoms with Gasteiger partial charge in [-0.05, 0) is 79.1 Å². The van der Waals surface area contributed by atoms with E-state index in [1.165, 1.54) is 16.1 Å². The smallest absolute Gasteiger partial charge is 0.267 e. The molecule has 0 spiro atoms. The molecule has 0 aromatic heterocycles. The molecule has 0 saturated carbocycles. The van der Waals surface area contributed by atoms with Gasteiger partial charge in [0.15, 0.2) is 0 Å². The van der Waals surface area contributed by atoms with Gasteiger partial charge in [-0.1, -0.05) is 62.4 Å². The predicted octanol–water partition coefficient (Wildman–Crippen LogP) is 5.74. The van der Waals surface area contributed by atoms with E-state index in [1.54, 1.807) is 24.3 Å². The summed E-state index contributed by atoms with van der Waals surface area (Å²) in [6.07, 6.45) is 1.90. The van der Waals surface area contributed by atoms with Crippen molar-refractivity contribution < 1.29 is 13.2 Å². The minimum absolute atomic E-state index is 0.108. The number of hydrazone groups is 1. The summed E-state index contributed by atoms with van der Waals surface area (Å²) in [6.45, 7) is 10.3. The van der Waals surface area contributed by atoms with Gasteiger partial charge < -0.3 is 0 Å². The van der Waals surface area contributed by atoms with E-state index in [9.17, 15) is 13.2 Å². The van der Waals surface area contributed by atoms with Gasteiger partial charge in [0.25, 0.3) is 5.91 Å². The van der Waals surface area contributed by atoms with E-state index in [2.05, 4.69) is 36.5 Å². The van der Waals surface area contributed by atoms with Crippen LogP contribution in [0, 0.1) is 13.8 Å². The Hall–Kier alpha value is -3.45. The van der Waals surface area contributed by atoms with Crippen LogP contribution >= 0.6 is 0 Å². The first-order valence-corrected chi connectivity index (χ1v) is 13.7. The number of nitrogens with zero attached hydrogens (tertiary/aromatic N) is 2. The summed E-state index contributed by atoms with van der Waals surface area (Å²) in [4.78, 5) is 12.6. The largest absolute Gasteiger partial charge is 0.271 e. The molecule has 0 aliphatic rings. The normalized spacial score (nSPS) is 12.3. The molecule has 3 rings (SSSR count). The van der Waals surface area contributed by atoms with Crippen LogP contribution in [0.1, 0.15) is 59.8 Å². The monoisotopic (exact) mass is 505 g/mol. The Bertz CT molecular complexity index is 1350. The standard InChI is InChI=1S/C29H35N3O3S/c1-21-12-17-27(18-22(21)2)32(36(6,34)35)20-24-13-15-25(16-14-24)28(33)31-30-23(3)19-29(4,5)26-10-8-7-9-11-26/h7-18H,19-20H2,1-6H3,(H,31,33)/b30-23-. The number of hydrogen-bond donors (Lipinski definition) is 1. The fourth-order valence-electron chi connectivity index (χ4n) is 4.09. The van der Waals surface area contributed by atoms with Gasteiger partial charge in [-0.2, -0.15) is 5.10 Å². The number of aryl methyl sites for hydroxylation is 2. The molecule has 0 heterocycles. The third kappa shape index (κ3) is 7.04. The molecule has 0 bridgehead atoms. The van der Waals surface area contributed by atoms with Crippen LogP contribution in [0.3, 0.4) is 0 Å². The lowest BCUT2D eigenvalue weighted by Gasteiger charge is -2.25. The maximum Gasteiger partial charge on any atom is 0.271 e. The average molecular weight is 506 g/mol. The summed E-state index contributed by atoms with van der Waals surface area (Å²) in [5.41, 5.74) is 8.54. The van der Waals surface area contributed by atoms with Crippen LogP contribution in [0.15, 0.2) is 77.9 Å². The highest BCUT2D eigenvalue weighted by atomic mass is 32.2. The molecule has 1 N–H and O–H groups in total. The number of amides is 1. The molecule has 0 atom stereocenters. The Morgan fingerprint density at radius 2 is 1.58 bits per heavy atom. The van der Waals surface area contributed by atoms with Crippen LogP contribution < -0.4 is 9.73 Å². The van der Waals surface area contributed by atoms with Crippen molar-refractivity contribution >= 4 is 27.3 Å². The van der Waals surface area contributed by atoms with E-state index in [-0.39, 0.29) is 17.9 Å². The number of anilines is 1. The molecular weight excluding hydrogens is 470 g/mol. The Morgan fingerprint density at radius 1 is 0.944 bits per heavy atom. The molecule has 190 valence electrons. The first-order chi connectivity index (χ1) is 16.9. The van der Waals surface area contributed by atoms with Gasteiger partial charge in [0.1, 0.15) is 0 Å². The van der Waals surface area contributed by atoms with E-state index in [1.807, 2.05) is 57.2 Å². The molecule has 36 heavy (non-hydrogen) atoms. The Morgan fingerprint density at radius 3 is 2.17 bits per heavy atom. The van der Waals surface area contributed by atoms with Crippen LogP contribution in [0.4, 0.5) is 5.69 Å². The number of nitrogens with one attached hydrogen (secondary N) is 1. The molecule has 0 aliphatic heterocycles. The average Bonchev–Trinajstić information content (AvgIpc) is 2.83. The first kappa shape index (κ1) is 27.1. The summed E-state index contributed by atoms with van der Waals surface area (Å²) in [5, 5.41) is 4.30. The van der Waals surface area contributed by atoms with E-state index in [0.717, 1.165) is 22.4 Å². The van der Waals surface area contributed by atoms with E-state index in [0.29, 0.717) is 17.7 Å². The zero-order chi connectivity index (χ0) is 26.5. The quantitative estimate of drug-likeness (QED) is 0.297.